The number of likely N-dealkylation sites (tertiary alicyclic amines) is 1. The average Bonchev–Trinajstić information content (AvgIpc) is 3.16. The minimum Gasteiger partial charge on any atom is -0.393 e. The van der Waals surface area contributed by atoms with Crippen LogP contribution in [0.4, 0.5) is 0 Å². The van der Waals surface area contributed by atoms with Gasteiger partial charge in [0.25, 0.3) is 0 Å². The molecule has 1 amide bonds. The third kappa shape index (κ3) is 3.01. The fourth-order valence-electron chi connectivity index (χ4n) is 4.27. The van der Waals surface area contributed by atoms with E-state index in [2.05, 4.69) is 4.90 Å². The minimum absolute atomic E-state index is 0.188. The van der Waals surface area contributed by atoms with Crippen LogP contribution in [0.1, 0.15) is 57.8 Å². The zero-order valence-corrected chi connectivity index (χ0v) is 12.3. The number of amides is 1. The summed E-state index contributed by atoms with van der Waals surface area (Å²) in [4.78, 5) is 14.5. The van der Waals surface area contributed by atoms with Crippen molar-refractivity contribution < 1.29 is 14.6 Å². The highest BCUT2D eigenvalue weighted by Gasteiger charge is 2.39. The quantitative estimate of drug-likeness (QED) is 0.858. The number of nitrogens with zero attached hydrogens (tertiary/aromatic N) is 1. The van der Waals surface area contributed by atoms with Crippen molar-refractivity contribution in [3.05, 3.63) is 0 Å². The van der Waals surface area contributed by atoms with Crippen LogP contribution in [0.25, 0.3) is 0 Å². The zero-order chi connectivity index (χ0) is 13.9. The van der Waals surface area contributed by atoms with Gasteiger partial charge in [-0.05, 0) is 44.9 Å². The molecule has 0 bridgehead atoms. The van der Waals surface area contributed by atoms with Crippen molar-refractivity contribution in [3.63, 3.8) is 0 Å². The molecule has 4 nitrogen and oxygen atoms in total. The Hall–Kier alpha value is -0.610. The molecule has 0 radical (unpaired) electrons. The SMILES string of the molecule is O=C(CCC1CCCO1)N1CCCC1C1CCCC1O. The van der Waals surface area contributed by atoms with Gasteiger partial charge in [0.05, 0.1) is 12.2 Å². The molecule has 0 aromatic rings. The van der Waals surface area contributed by atoms with Gasteiger partial charge >= 0.3 is 0 Å². The van der Waals surface area contributed by atoms with Crippen LogP contribution in [-0.2, 0) is 9.53 Å². The lowest BCUT2D eigenvalue weighted by atomic mass is 9.94. The number of carbonyl (C=O) groups excluding carboxylic acids is 1. The number of hydrogen-bond donors (Lipinski definition) is 1. The molecule has 114 valence electrons. The summed E-state index contributed by atoms with van der Waals surface area (Å²) in [6, 6.07) is 0.296. The second-order valence-electron chi connectivity index (χ2n) is 6.63. The van der Waals surface area contributed by atoms with E-state index in [1.807, 2.05) is 0 Å². The zero-order valence-electron chi connectivity index (χ0n) is 12.3. The van der Waals surface area contributed by atoms with Crippen molar-refractivity contribution in [1.29, 1.82) is 0 Å². The Morgan fingerprint density at radius 1 is 1.15 bits per heavy atom. The first kappa shape index (κ1) is 14.3. The standard InChI is InChI=1S/C16H27NO3/c18-15-7-1-5-13(15)14-6-2-10-17(14)16(19)9-8-12-4-3-11-20-12/h12-15,18H,1-11H2. The number of hydrogen-bond acceptors (Lipinski definition) is 3. The molecule has 0 aromatic carbocycles. The molecule has 3 aliphatic rings. The summed E-state index contributed by atoms with van der Waals surface area (Å²) in [5.74, 6) is 0.603. The van der Waals surface area contributed by atoms with Gasteiger partial charge in [0.15, 0.2) is 0 Å². The van der Waals surface area contributed by atoms with E-state index in [1.165, 1.54) is 0 Å². The van der Waals surface area contributed by atoms with Gasteiger partial charge in [-0.2, -0.15) is 0 Å². The first-order valence-electron chi connectivity index (χ1n) is 8.35. The maximum absolute atomic E-state index is 12.5. The molecule has 4 atom stereocenters. The van der Waals surface area contributed by atoms with Crippen molar-refractivity contribution in [2.75, 3.05) is 13.2 Å². The summed E-state index contributed by atoms with van der Waals surface area (Å²) in [6.45, 7) is 1.75. The van der Waals surface area contributed by atoms with Crippen LogP contribution in [0.2, 0.25) is 0 Å². The molecule has 3 rings (SSSR count). The van der Waals surface area contributed by atoms with Crippen molar-refractivity contribution in [2.45, 2.75) is 76.0 Å². The van der Waals surface area contributed by atoms with E-state index in [4.69, 9.17) is 4.74 Å². The van der Waals surface area contributed by atoms with E-state index >= 15 is 0 Å². The number of carbonyl (C=O) groups is 1. The largest absolute Gasteiger partial charge is 0.393 e. The Balaban J connectivity index is 1.52. The lowest BCUT2D eigenvalue weighted by Crippen LogP contribution is -2.42. The van der Waals surface area contributed by atoms with Gasteiger partial charge in [0.1, 0.15) is 0 Å². The van der Waals surface area contributed by atoms with Crippen LogP contribution in [-0.4, -0.2) is 47.3 Å². The van der Waals surface area contributed by atoms with Gasteiger partial charge in [-0.25, -0.2) is 0 Å². The van der Waals surface area contributed by atoms with Gasteiger partial charge < -0.3 is 14.7 Å². The molecule has 2 saturated heterocycles. The summed E-state index contributed by atoms with van der Waals surface area (Å²) in [6.07, 6.45) is 9.13. The van der Waals surface area contributed by atoms with Crippen LogP contribution < -0.4 is 0 Å². The first-order valence-corrected chi connectivity index (χ1v) is 8.35. The molecule has 4 unspecified atom stereocenters. The van der Waals surface area contributed by atoms with E-state index in [-0.39, 0.29) is 12.0 Å². The molecule has 0 spiro atoms. The highest BCUT2D eigenvalue weighted by Crippen LogP contribution is 2.36. The van der Waals surface area contributed by atoms with Gasteiger partial charge in [-0.1, -0.05) is 6.42 Å². The lowest BCUT2D eigenvalue weighted by molar-refractivity contribution is -0.134. The van der Waals surface area contributed by atoms with Crippen molar-refractivity contribution >= 4 is 5.91 Å². The van der Waals surface area contributed by atoms with Crippen LogP contribution in [0.5, 0.6) is 0 Å². The summed E-state index contributed by atoms with van der Waals surface area (Å²) in [7, 11) is 0. The van der Waals surface area contributed by atoms with Crippen molar-refractivity contribution in [2.24, 2.45) is 5.92 Å². The molecule has 4 heteroatoms. The molecule has 1 saturated carbocycles. The number of aliphatic hydroxyl groups excluding tert-OH is 1. The Morgan fingerprint density at radius 2 is 2.05 bits per heavy atom. The predicted octanol–water partition coefficient (Wildman–Crippen LogP) is 2.10. The van der Waals surface area contributed by atoms with Crippen molar-refractivity contribution in [3.8, 4) is 0 Å². The van der Waals surface area contributed by atoms with Crippen LogP contribution in [0.15, 0.2) is 0 Å². The third-order valence-corrected chi connectivity index (χ3v) is 5.35. The van der Waals surface area contributed by atoms with E-state index in [0.717, 1.165) is 64.5 Å². The maximum Gasteiger partial charge on any atom is 0.222 e. The van der Waals surface area contributed by atoms with Crippen molar-refractivity contribution in [1.82, 2.24) is 4.90 Å². The topological polar surface area (TPSA) is 49.8 Å². The Bertz CT molecular complexity index is 341. The summed E-state index contributed by atoms with van der Waals surface area (Å²) < 4.78 is 5.60. The molecule has 2 heterocycles. The highest BCUT2D eigenvalue weighted by molar-refractivity contribution is 5.76. The highest BCUT2D eigenvalue weighted by atomic mass is 16.5. The summed E-state index contributed by atoms with van der Waals surface area (Å²) in [5, 5.41) is 10.1. The smallest absolute Gasteiger partial charge is 0.222 e. The molecular weight excluding hydrogens is 254 g/mol. The Kier molecular flexibility index (Phi) is 4.61. The Labute approximate surface area is 121 Å². The van der Waals surface area contributed by atoms with E-state index in [9.17, 15) is 9.90 Å². The molecule has 0 aromatic heterocycles. The predicted molar refractivity (Wildman–Crippen MR) is 76.3 cm³/mol. The second kappa shape index (κ2) is 6.44. The van der Waals surface area contributed by atoms with E-state index < -0.39 is 0 Å². The maximum atomic E-state index is 12.5. The number of rotatable bonds is 4. The number of ether oxygens (including phenoxy) is 1. The average molecular weight is 281 g/mol. The monoisotopic (exact) mass is 281 g/mol. The molecule has 1 aliphatic carbocycles. The van der Waals surface area contributed by atoms with Gasteiger partial charge in [0, 0.05) is 31.5 Å². The Morgan fingerprint density at radius 3 is 2.75 bits per heavy atom. The minimum atomic E-state index is -0.188. The number of aliphatic hydroxyl groups is 1. The normalized spacial score (nSPS) is 37.8. The van der Waals surface area contributed by atoms with Crippen LogP contribution >= 0.6 is 0 Å². The van der Waals surface area contributed by atoms with E-state index in [1.54, 1.807) is 0 Å². The second-order valence-corrected chi connectivity index (χ2v) is 6.63. The molecule has 20 heavy (non-hydrogen) atoms. The summed E-state index contributed by atoms with van der Waals surface area (Å²) >= 11 is 0. The molecule has 1 N–H and O–H groups in total. The molecule has 3 fully saturated rings. The lowest BCUT2D eigenvalue weighted by Gasteiger charge is -2.31. The van der Waals surface area contributed by atoms with Gasteiger partial charge in [0.2, 0.25) is 5.91 Å². The fourth-order valence-corrected chi connectivity index (χ4v) is 4.27. The van der Waals surface area contributed by atoms with Gasteiger partial charge in [-0.15, -0.1) is 0 Å². The first-order chi connectivity index (χ1) is 9.75. The molecule has 2 aliphatic heterocycles. The van der Waals surface area contributed by atoms with Crippen LogP contribution in [0, 0.1) is 5.92 Å². The third-order valence-electron chi connectivity index (χ3n) is 5.35. The van der Waals surface area contributed by atoms with Crippen LogP contribution in [0.3, 0.4) is 0 Å². The van der Waals surface area contributed by atoms with Gasteiger partial charge in [-0.3, -0.25) is 4.79 Å². The summed E-state index contributed by atoms with van der Waals surface area (Å²) in [5.41, 5.74) is 0. The molecular formula is C16H27NO3. The van der Waals surface area contributed by atoms with E-state index in [0.29, 0.717) is 24.5 Å². The fraction of sp³-hybridized carbons (Fsp3) is 0.938.